The molecule has 5 nitrogen and oxygen atoms in total. The Kier molecular flexibility index (Phi) is 6.72. The van der Waals surface area contributed by atoms with Crippen molar-refractivity contribution in [2.24, 2.45) is 17.6 Å². The van der Waals surface area contributed by atoms with Gasteiger partial charge in [0.25, 0.3) is 0 Å². The number of carboxylic acid groups (broad SMARTS) is 1. The average Bonchev–Trinajstić information content (AvgIpc) is 2.21. The van der Waals surface area contributed by atoms with Crippen LogP contribution in [-0.4, -0.2) is 29.6 Å². The first-order chi connectivity index (χ1) is 7.34. The van der Waals surface area contributed by atoms with Gasteiger partial charge in [-0.3, -0.25) is 9.59 Å². The van der Waals surface area contributed by atoms with Crippen LogP contribution in [0.5, 0.6) is 0 Å². The predicted octanol–water partition coefficient (Wildman–Crippen LogP) is 0.587. The lowest BCUT2D eigenvalue weighted by atomic mass is 9.98. The van der Waals surface area contributed by atoms with Crippen molar-refractivity contribution in [3.8, 4) is 0 Å². The van der Waals surface area contributed by atoms with Gasteiger partial charge in [-0.05, 0) is 18.3 Å². The fourth-order valence-corrected chi connectivity index (χ4v) is 1.04. The van der Waals surface area contributed by atoms with Gasteiger partial charge in [0.2, 0.25) is 5.91 Å². The molecule has 4 N–H and O–H groups in total. The summed E-state index contributed by atoms with van der Waals surface area (Å²) in [5, 5.41) is 11.2. The molecule has 0 saturated heterocycles. The van der Waals surface area contributed by atoms with Crippen molar-refractivity contribution >= 4 is 11.9 Å². The molecule has 0 aromatic carbocycles. The van der Waals surface area contributed by atoms with Crippen molar-refractivity contribution in [1.29, 1.82) is 0 Å². The van der Waals surface area contributed by atoms with Gasteiger partial charge in [0.05, 0.1) is 6.04 Å². The van der Waals surface area contributed by atoms with E-state index in [4.69, 9.17) is 10.8 Å². The molecular weight excluding hydrogens is 208 g/mol. The largest absolute Gasteiger partial charge is 0.481 e. The van der Waals surface area contributed by atoms with Crippen LogP contribution < -0.4 is 11.1 Å². The van der Waals surface area contributed by atoms with Crippen LogP contribution in [0, 0.1) is 11.8 Å². The SMILES string of the molecule is CC(C)C(C)CNC(=O)C(N)CCC(=O)O. The van der Waals surface area contributed by atoms with E-state index in [1.807, 2.05) is 6.92 Å². The van der Waals surface area contributed by atoms with Crippen LogP contribution in [0.3, 0.4) is 0 Å². The van der Waals surface area contributed by atoms with E-state index >= 15 is 0 Å². The number of hydrogen-bond donors (Lipinski definition) is 3. The first-order valence-electron chi connectivity index (χ1n) is 5.59. The van der Waals surface area contributed by atoms with Gasteiger partial charge in [-0.2, -0.15) is 0 Å². The molecule has 0 fully saturated rings. The van der Waals surface area contributed by atoms with E-state index in [9.17, 15) is 9.59 Å². The van der Waals surface area contributed by atoms with Crippen molar-refractivity contribution < 1.29 is 14.7 Å². The molecule has 94 valence electrons. The lowest BCUT2D eigenvalue weighted by Gasteiger charge is -2.17. The van der Waals surface area contributed by atoms with Crippen molar-refractivity contribution in [3.63, 3.8) is 0 Å². The maximum absolute atomic E-state index is 11.5. The normalized spacial score (nSPS) is 14.6. The number of carboxylic acids is 1. The zero-order valence-corrected chi connectivity index (χ0v) is 10.2. The van der Waals surface area contributed by atoms with Crippen LogP contribution >= 0.6 is 0 Å². The zero-order chi connectivity index (χ0) is 12.7. The molecule has 0 radical (unpaired) electrons. The highest BCUT2D eigenvalue weighted by Gasteiger charge is 2.16. The standard InChI is InChI=1S/C11H22N2O3/c1-7(2)8(3)6-13-11(16)9(12)4-5-10(14)15/h7-9H,4-6,12H2,1-3H3,(H,13,16)(H,14,15). The van der Waals surface area contributed by atoms with E-state index in [1.165, 1.54) is 0 Å². The Morgan fingerprint density at radius 2 is 1.88 bits per heavy atom. The van der Waals surface area contributed by atoms with Crippen LogP contribution in [0.25, 0.3) is 0 Å². The molecule has 0 aromatic rings. The quantitative estimate of drug-likeness (QED) is 0.596. The maximum atomic E-state index is 11.5. The summed E-state index contributed by atoms with van der Waals surface area (Å²) in [5.74, 6) is -0.321. The highest BCUT2D eigenvalue weighted by Crippen LogP contribution is 2.07. The van der Waals surface area contributed by atoms with Crippen molar-refractivity contribution in [2.75, 3.05) is 6.54 Å². The predicted molar refractivity (Wildman–Crippen MR) is 61.9 cm³/mol. The second-order valence-electron chi connectivity index (χ2n) is 4.51. The number of rotatable bonds is 7. The Labute approximate surface area is 96.4 Å². The lowest BCUT2D eigenvalue weighted by molar-refractivity contribution is -0.137. The molecule has 1 amide bonds. The van der Waals surface area contributed by atoms with Crippen LogP contribution in [0.15, 0.2) is 0 Å². The van der Waals surface area contributed by atoms with E-state index in [2.05, 4.69) is 19.2 Å². The van der Waals surface area contributed by atoms with Gasteiger partial charge in [0, 0.05) is 13.0 Å². The molecule has 0 aliphatic rings. The summed E-state index contributed by atoms with van der Waals surface area (Å²) < 4.78 is 0. The fraction of sp³-hybridized carbons (Fsp3) is 0.818. The van der Waals surface area contributed by atoms with Crippen molar-refractivity contribution in [2.45, 2.75) is 39.7 Å². The van der Waals surface area contributed by atoms with E-state index in [0.717, 1.165) is 0 Å². The number of nitrogens with one attached hydrogen (secondary N) is 1. The summed E-state index contributed by atoms with van der Waals surface area (Å²) in [6, 6.07) is -0.726. The van der Waals surface area contributed by atoms with E-state index in [1.54, 1.807) is 0 Å². The molecule has 16 heavy (non-hydrogen) atoms. The Hall–Kier alpha value is -1.10. The second-order valence-corrected chi connectivity index (χ2v) is 4.51. The molecule has 5 heteroatoms. The minimum Gasteiger partial charge on any atom is -0.481 e. The second kappa shape index (κ2) is 7.22. The summed E-state index contributed by atoms with van der Waals surface area (Å²) >= 11 is 0. The first-order valence-corrected chi connectivity index (χ1v) is 5.59. The topological polar surface area (TPSA) is 92.4 Å². The molecule has 0 heterocycles. The van der Waals surface area contributed by atoms with Crippen molar-refractivity contribution in [3.05, 3.63) is 0 Å². The highest BCUT2D eigenvalue weighted by atomic mass is 16.4. The van der Waals surface area contributed by atoms with E-state index < -0.39 is 12.0 Å². The lowest BCUT2D eigenvalue weighted by Crippen LogP contribution is -2.42. The third kappa shape index (κ3) is 6.40. The van der Waals surface area contributed by atoms with Crippen LogP contribution in [0.2, 0.25) is 0 Å². The van der Waals surface area contributed by atoms with Gasteiger partial charge in [-0.15, -0.1) is 0 Å². The molecule has 2 atom stereocenters. The molecule has 0 aliphatic carbocycles. The monoisotopic (exact) mass is 230 g/mol. The molecule has 0 rings (SSSR count). The Morgan fingerprint density at radius 3 is 2.31 bits per heavy atom. The number of hydrogen-bond acceptors (Lipinski definition) is 3. The fourth-order valence-electron chi connectivity index (χ4n) is 1.04. The molecule has 0 aromatic heterocycles. The number of carbonyl (C=O) groups is 2. The smallest absolute Gasteiger partial charge is 0.303 e. The van der Waals surface area contributed by atoms with Crippen molar-refractivity contribution in [1.82, 2.24) is 5.32 Å². The number of amides is 1. The summed E-state index contributed by atoms with van der Waals surface area (Å²) in [5.41, 5.74) is 5.55. The number of aliphatic carboxylic acids is 1. The van der Waals surface area contributed by atoms with Gasteiger partial charge >= 0.3 is 5.97 Å². The molecule has 0 bridgehead atoms. The van der Waals surface area contributed by atoms with Crippen LogP contribution in [-0.2, 0) is 9.59 Å². The summed E-state index contributed by atoms with van der Waals surface area (Å²) in [4.78, 5) is 21.7. The van der Waals surface area contributed by atoms with Gasteiger partial charge in [-0.1, -0.05) is 20.8 Å². The van der Waals surface area contributed by atoms with Gasteiger partial charge in [0.15, 0.2) is 0 Å². The summed E-state index contributed by atoms with van der Waals surface area (Å²) in [7, 11) is 0. The third-order valence-corrected chi connectivity index (χ3v) is 2.74. The molecule has 0 saturated carbocycles. The zero-order valence-electron chi connectivity index (χ0n) is 10.2. The number of nitrogens with two attached hydrogens (primary N) is 1. The maximum Gasteiger partial charge on any atom is 0.303 e. The van der Waals surface area contributed by atoms with E-state index in [0.29, 0.717) is 18.4 Å². The molecule has 2 unspecified atom stereocenters. The highest BCUT2D eigenvalue weighted by molar-refractivity contribution is 5.82. The first kappa shape index (κ1) is 14.9. The number of carbonyl (C=O) groups excluding carboxylic acids is 1. The van der Waals surface area contributed by atoms with E-state index in [-0.39, 0.29) is 18.7 Å². The van der Waals surface area contributed by atoms with Crippen LogP contribution in [0.4, 0.5) is 0 Å². The third-order valence-electron chi connectivity index (χ3n) is 2.74. The Morgan fingerprint density at radius 1 is 1.31 bits per heavy atom. The molecule has 0 spiro atoms. The average molecular weight is 230 g/mol. The summed E-state index contributed by atoms with van der Waals surface area (Å²) in [6.45, 7) is 6.80. The Balaban J connectivity index is 3.83. The van der Waals surface area contributed by atoms with Crippen LogP contribution in [0.1, 0.15) is 33.6 Å². The molecular formula is C11H22N2O3. The Bertz CT molecular complexity index is 241. The summed E-state index contributed by atoms with van der Waals surface area (Å²) in [6.07, 6.45) is 0.103. The van der Waals surface area contributed by atoms with Gasteiger partial charge in [0.1, 0.15) is 0 Å². The van der Waals surface area contributed by atoms with Gasteiger partial charge in [-0.25, -0.2) is 0 Å². The minimum atomic E-state index is -0.932. The van der Waals surface area contributed by atoms with Gasteiger partial charge < -0.3 is 16.2 Å². The molecule has 0 aliphatic heterocycles. The minimum absolute atomic E-state index is 0.0751.